The summed E-state index contributed by atoms with van der Waals surface area (Å²) >= 11 is 0. The number of nitriles is 1. The fourth-order valence-corrected chi connectivity index (χ4v) is 2.30. The molecule has 0 aliphatic heterocycles. The van der Waals surface area contributed by atoms with Crippen LogP contribution in [0, 0.1) is 11.3 Å². The molecule has 1 N–H and O–H groups in total. The van der Waals surface area contributed by atoms with E-state index in [-0.39, 0.29) is 11.3 Å². The molecular formula is C14H14F3NO2. The van der Waals surface area contributed by atoms with Crippen LogP contribution in [0.5, 0.6) is 5.75 Å². The van der Waals surface area contributed by atoms with Crippen molar-refractivity contribution in [3.63, 3.8) is 0 Å². The van der Waals surface area contributed by atoms with Gasteiger partial charge in [0, 0.05) is 0 Å². The fourth-order valence-electron chi connectivity index (χ4n) is 2.30. The number of benzene rings is 1. The lowest BCUT2D eigenvalue weighted by Gasteiger charge is -2.29. The number of rotatable bonds is 2. The van der Waals surface area contributed by atoms with Crippen molar-refractivity contribution in [1.82, 2.24) is 0 Å². The molecule has 108 valence electrons. The minimum absolute atomic E-state index is 0.0751. The molecule has 0 saturated heterocycles. The standard InChI is InChI=1S/C14H14F3NO2/c15-14(16,17)10-7-9(8-18)5-6-12(10)20-13-4-2-1-3-11(13)19/h5-7,11,13,19H,1-4H2. The second kappa shape index (κ2) is 5.71. The summed E-state index contributed by atoms with van der Waals surface area (Å²) in [6, 6.07) is 4.86. The Bertz CT molecular complexity index is 522. The van der Waals surface area contributed by atoms with Gasteiger partial charge >= 0.3 is 6.18 Å². The van der Waals surface area contributed by atoms with Crippen molar-refractivity contribution < 1.29 is 23.0 Å². The van der Waals surface area contributed by atoms with Crippen molar-refractivity contribution in [1.29, 1.82) is 5.26 Å². The van der Waals surface area contributed by atoms with E-state index >= 15 is 0 Å². The van der Waals surface area contributed by atoms with Gasteiger partial charge in [0.1, 0.15) is 11.9 Å². The summed E-state index contributed by atoms with van der Waals surface area (Å²) in [7, 11) is 0. The maximum absolute atomic E-state index is 13.0. The van der Waals surface area contributed by atoms with Crippen LogP contribution < -0.4 is 4.74 Å². The van der Waals surface area contributed by atoms with Gasteiger partial charge < -0.3 is 9.84 Å². The Labute approximate surface area is 114 Å². The van der Waals surface area contributed by atoms with Gasteiger partial charge in [-0.05, 0) is 37.5 Å². The lowest BCUT2D eigenvalue weighted by Crippen LogP contribution is -2.35. The highest BCUT2D eigenvalue weighted by Gasteiger charge is 2.36. The van der Waals surface area contributed by atoms with Gasteiger partial charge in [-0.2, -0.15) is 18.4 Å². The lowest BCUT2D eigenvalue weighted by atomic mass is 9.94. The third kappa shape index (κ3) is 3.23. The Morgan fingerprint density at radius 2 is 1.95 bits per heavy atom. The van der Waals surface area contributed by atoms with E-state index in [0.29, 0.717) is 12.8 Å². The predicted octanol–water partition coefficient (Wildman–Crippen LogP) is 3.26. The summed E-state index contributed by atoms with van der Waals surface area (Å²) in [5.74, 6) is -0.331. The molecule has 0 bridgehead atoms. The largest absolute Gasteiger partial charge is 0.487 e. The molecule has 2 atom stereocenters. The Hall–Kier alpha value is -1.74. The molecule has 1 aliphatic carbocycles. The number of hydrogen-bond donors (Lipinski definition) is 1. The molecule has 1 saturated carbocycles. The zero-order valence-corrected chi connectivity index (χ0v) is 10.7. The van der Waals surface area contributed by atoms with Crippen LogP contribution in [0.1, 0.15) is 36.8 Å². The summed E-state index contributed by atoms with van der Waals surface area (Å²) in [6.45, 7) is 0. The highest BCUT2D eigenvalue weighted by Crippen LogP contribution is 2.38. The van der Waals surface area contributed by atoms with Gasteiger partial charge in [-0.25, -0.2) is 0 Å². The summed E-state index contributed by atoms with van der Waals surface area (Å²) in [4.78, 5) is 0. The van der Waals surface area contributed by atoms with E-state index in [9.17, 15) is 18.3 Å². The molecule has 0 amide bonds. The van der Waals surface area contributed by atoms with Gasteiger partial charge in [0.15, 0.2) is 0 Å². The Kier molecular flexibility index (Phi) is 4.19. The number of aliphatic hydroxyl groups excluding tert-OH is 1. The van der Waals surface area contributed by atoms with Crippen LogP contribution in [0.3, 0.4) is 0 Å². The molecule has 0 spiro atoms. The monoisotopic (exact) mass is 285 g/mol. The van der Waals surface area contributed by atoms with Crippen molar-refractivity contribution >= 4 is 0 Å². The number of hydrogen-bond acceptors (Lipinski definition) is 3. The molecular weight excluding hydrogens is 271 g/mol. The minimum Gasteiger partial charge on any atom is -0.487 e. The summed E-state index contributed by atoms with van der Waals surface area (Å²) < 4.78 is 44.2. The quantitative estimate of drug-likeness (QED) is 0.907. The van der Waals surface area contributed by atoms with E-state index in [2.05, 4.69) is 0 Å². The average molecular weight is 285 g/mol. The third-order valence-electron chi connectivity index (χ3n) is 3.36. The first kappa shape index (κ1) is 14.7. The highest BCUT2D eigenvalue weighted by atomic mass is 19.4. The molecule has 0 heterocycles. The number of ether oxygens (including phenoxy) is 1. The predicted molar refractivity (Wildman–Crippen MR) is 65.0 cm³/mol. The van der Waals surface area contributed by atoms with Gasteiger partial charge in [0.05, 0.1) is 23.3 Å². The number of halogens is 3. The molecule has 2 rings (SSSR count). The molecule has 1 aliphatic rings. The van der Waals surface area contributed by atoms with Gasteiger partial charge in [0.2, 0.25) is 0 Å². The van der Waals surface area contributed by atoms with Crippen LogP contribution in [0.15, 0.2) is 18.2 Å². The lowest BCUT2D eigenvalue weighted by molar-refractivity contribution is -0.140. The molecule has 2 unspecified atom stereocenters. The van der Waals surface area contributed by atoms with Crippen LogP contribution >= 0.6 is 0 Å². The molecule has 1 fully saturated rings. The van der Waals surface area contributed by atoms with Gasteiger partial charge in [-0.3, -0.25) is 0 Å². The number of aliphatic hydroxyl groups is 1. The first-order valence-corrected chi connectivity index (χ1v) is 6.38. The fraction of sp³-hybridized carbons (Fsp3) is 0.500. The maximum Gasteiger partial charge on any atom is 0.420 e. The van der Waals surface area contributed by atoms with E-state index in [1.54, 1.807) is 6.07 Å². The number of alkyl halides is 3. The van der Waals surface area contributed by atoms with Crippen molar-refractivity contribution in [3.05, 3.63) is 29.3 Å². The van der Waals surface area contributed by atoms with E-state index < -0.39 is 23.9 Å². The summed E-state index contributed by atoms with van der Waals surface area (Å²) in [5.41, 5.74) is -1.05. The highest BCUT2D eigenvalue weighted by molar-refractivity contribution is 5.43. The SMILES string of the molecule is N#Cc1ccc(OC2CCCCC2O)c(C(F)(F)F)c1. The van der Waals surface area contributed by atoms with Crippen LogP contribution in [0.4, 0.5) is 13.2 Å². The summed E-state index contributed by atoms with van der Waals surface area (Å²) in [6.07, 6.45) is -3.25. The van der Waals surface area contributed by atoms with E-state index in [4.69, 9.17) is 10.00 Å². The summed E-state index contributed by atoms with van der Waals surface area (Å²) in [5, 5.41) is 18.5. The van der Waals surface area contributed by atoms with Gasteiger partial charge in [0.25, 0.3) is 0 Å². The molecule has 1 aromatic rings. The zero-order valence-electron chi connectivity index (χ0n) is 10.7. The average Bonchev–Trinajstić information content (AvgIpc) is 2.40. The Balaban J connectivity index is 2.29. The van der Waals surface area contributed by atoms with E-state index in [1.807, 2.05) is 0 Å². The molecule has 0 radical (unpaired) electrons. The van der Waals surface area contributed by atoms with E-state index in [1.165, 1.54) is 6.07 Å². The van der Waals surface area contributed by atoms with Crippen molar-refractivity contribution in [2.45, 2.75) is 44.1 Å². The maximum atomic E-state index is 13.0. The molecule has 6 heteroatoms. The van der Waals surface area contributed by atoms with Crippen LogP contribution in [0.2, 0.25) is 0 Å². The molecule has 0 aromatic heterocycles. The molecule has 1 aromatic carbocycles. The van der Waals surface area contributed by atoms with Gasteiger partial charge in [-0.15, -0.1) is 0 Å². The Morgan fingerprint density at radius 3 is 2.55 bits per heavy atom. The molecule has 3 nitrogen and oxygen atoms in total. The number of nitrogens with zero attached hydrogens (tertiary/aromatic N) is 1. The third-order valence-corrected chi connectivity index (χ3v) is 3.36. The van der Waals surface area contributed by atoms with E-state index in [0.717, 1.165) is 25.0 Å². The second-order valence-corrected chi connectivity index (χ2v) is 4.83. The Morgan fingerprint density at radius 1 is 1.25 bits per heavy atom. The normalized spacial score (nSPS) is 23.1. The zero-order chi connectivity index (χ0) is 14.8. The molecule has 20 heavy (non-hydrogen) atoms. The first-order valence-electron chi connectivity index (χ1n) is 6.38. The van der Waals surface area contributed by atoms with Crippen molar-refractivity contribution in [2.75, 3.05) is 0 Å². The van der Waals surface area contributed by atoms with Gasteiger partial charge in [-0.1, -0.05) is 6.42 Å². The van der Waals surface area contributed by atoms with Crippen LogP contribution in [-0.2, 0) is 6.18 Å². The second-order valence-electron chi connectivity index (χ2n) is 4.83. The minimum atomic E-state index is -4.60. The van der Waals surface area contributed by atoms with Crippen LogP contribution in [-0.4, -0.2) is 17.3 Å². The van der Waals surface area contributed by atoms with Crippen molar-refractivity contribution in [3.8, 4) is 11.8 Å². The smallest absolute Gasteiger partial charge is 0.420 e. The first-order chi connectivity index (χ1) is 9.41. The van der Waals surface area contributed by atoms with Crippen LogP contribution in [0.25, 0.3) is 0 Å². The topological polar surface area (TPSA) is 53.2 Å². The van der Waals surface area contributed by atoms with Crippen molar-refractivity contribution in [2.24, 2.45) is 0 Å².